The second-order valence-electron chi connectivity index (χ2n) is 3.83. The van der Waals surface area contributed by atoms with Gasteiger partial charge in [0.15, 0.2) is 0 Å². The summed E-state index contributed by atoms with van der Waals surface area (Å²) < 4.78 is 5.08. The first kappa shape index (κ1) is 12.9. The Morgan fingerprint density at radius 2 is 2.25 bits per heavy atom. The largest absolute Gasteiger partial charge is 0.383 e. The van der Waals surface area contributed by atoms with E-state index in [0.717, 1.165) is 18.2 Å². The standard InChI is InChI=1S/C11H20N4O/c1-9(2)15(6-7-16-3)11-13-5-4-10(8-12)14-11/h4-5,9H,6-8,12H2,1-3H3. The quantitative estimate of drug-likeness (QED) is 0.774. The van der Waals surface area contributed by atoms with Crippen LogP contribution in [0.4, 0.5) is 5.95 Å². The van der Waals surface area contributed by atoms with E-state index in [4.69, 9.17) is 10.5 Å². The van der Waals surface area contributed by atoms with Crippen molar-refractivity contribution in [2.75, 3.05) is 25.2 Å². The molecule has 0 saturated carbocycles. The highest BCUT2D eigenvalue weighted by Gasteiger charge is 2.13. The van der Waals surface area contributed by atoms with Crippen molar-refractivity contribution < 1.29 is 4.74 Å². The van der Waals surface area contributed by atoms with E-state index in [1.165, 1.54) is 0 Å². The molecule has 0 fully saturated rings. The summed E-state index contributed by atoms with van der Waals surface area (Å²) in [5, 5.41) is 0. The predicted octanol–water partition coefficient (Wildman–Crippen LogP) is 0.797. The van der Waals surface area contributed by atoms with Crippen molar-refractivity contribution in [1.82, 2.24) is 9.97 Å². The van der Waals surface area contributed by atoms with Crippen molar-refractivity contribution in [3.05, 3.63) is 18.0 Å². The molecule has 0 radical (unpaired) electrons. The highest BCUT2D eigenvalue weighted by molar-refractivity contribution is 5.31. The molecule has 0 amide bonds. The Balaban J connectivity index is 2.82. The van der Waals surface area contributed by atoms with Crippen LogP contribution in [0.2, 0.25) is 0 Å². The second-order valence-corrected chi connectivity index (χ2v) is 3.83. The number of aromatic nitrogens is 2. The van der Waals surface area contributed by atoms with Crippen LogP contribution in [0.3, 0.4) is 0 Å². The topological polar surface area (TPSA) is 64.3 Å². The van der Waals surface area contributed by atoms with E-state index >= 15 is 0 Å². The predicted molar refractivity (Wildman–Crippen MR) is 64.3 cm³/mol. The zero-order chi connectivity index (χ0) is 12.0. The van der Waals surface area contributed by atoms with Crippen molar-refractivity contribution in [3.8, 4) is 0 Å². The molecule has 0 aliphatic heterocycles. The van der Waals surface area contributed by atoms with Crippen LogP contribution < -0.4 is 10.6 Å². The summed E-state index contributed by atoms with van der Waals surface area (Å²) in [4.78, 5) is 10.8. The number of methoxy groups -OCH3 is 1. The summed E-state index contributed by atoms with van der Waals surface area (Å²) in [6, 6.07) is 2.17. The molecular formula is C11H20N4O. The molecule has 2 N–H and O–H groups in total. The third-order valence-electron chi connectivity index (χ3n) is 2.33. The van der Waals surface area contributed by atoms with Gasteiger partial charge in [-0.1, -0.05) is 0 Å². The Morgan fingerprint density at radius 1 is 1.50 bits per heavy atom. The average Bonchev–Trinajstić information content (AvgIpc) is 2.29. The summed E-state index contributed by atoms with van der Waals surface area (Å²) >= 11 is 0. The van der Waals surface area contributed by atoms with Gasteiger partial charge in [0.05, 0.1) is 12.3 Å². The van der Waals surface area contributed by atoms with Crippen LogP contribution in [0.1, 0.15) is 19.5 Å². The molecule has 1 heterocycles. The van der Waals surface area contributed by atoms with Gasteiger partial charge in [-0.25, -0.2) is 9.97 Å². The first-order chi connectivity index (χ1) is 7.69. The molecule has 0 aliphatic carbocycles. The molecule has 0 spiro atoms. The summed E-state index contributed by atoms with van der Waals surface area (Å²) in [5.74, 6) is 0.718. The highest BCUT2D eigenvalue weighted by atomic mass is 16.5. The number of ether oxygens (including phenoxy) is 1. The molecule has 0 aromatic carbocycles. The van der Waals surface area contributed by atoms with Crippen LogP contribution in [0.15, 0.2) is 12.3 Å². The van der Waals surface area contributed by atoms with Gasteiger partial charge in [-0.15, -0.1) is 0 Å². The smallest absolute Gasteiger partial charge is 0.225 e. The monoisotopic (exact) mass is 224 g/mol. The Morgan fingerprint density at radius 3 is 2.81 bits per heavy atom. The Kier molecular flexibility index (Phi) is 5.14. The molecule has 1 aromatic heterocycles. The lowest BCUT2D eigenvalue weighted by Gasteiger charge is -2.26. The molecule has 1 rings (SSSR count). The fourth-order valence-electron chi connectivity index (χ4n) is 1.42. The normalized spacial score (nSPS) is 10.8. The second kappa shape index (κ2) is 6.40. The van der Waals surface area contributed by atoms with E-state index in [9.17, 15) is 0 Å². The van der Waals surface area contributed by atoms with E-state index in [1.54, 1.807) is 13.3 Å². The molecule has 90 valence electrons. The summed E-state index contributed by atoms with van der Waals surface area (Å²) in [7, 11) is 1.69. The fraction of sp³-hybridized carbons (Fsp3) is 0.636. The maximum absolute atomic E-state index is 5.56. The van der Waals surface area contributed by atoms with Crippen LogP contribution in [0, 0.1) is 0 Å². The Labute approximate surface area is 96.6 Å². The molecule has 5 heteroatoms. The summed E-state index contributed by atoms with van der Waals surface area (Å²) in [6.45, 7) is 6.09. The van der Waals surface area contributed by atoms with Gasteiger partial charge in [0.2, 0.25) is 5.95 Å². The van der Waals surface area contributed by atoms with E-state index in [2.05, 4.69) is 28.7 Å². The van der Waals surface area contributed by atoms with Crippen LogP contribution >= 0.6 is 0 Å². The zero-order valence-electron chi connectivity index (χ0n) is 10.2. The van der Waals surface area contributed by atoms with Gasteiger partial charge < -0.3 is 15.4 Å². The van der Waals surface area contributed by atoms with Gasteiger partial charge in [0.1, 0.15) is 0 Å². The molecule has 5 nitrogen and oxygen atoms in total. The highest BCUT2D eigenvalue weighted by Crippen LogP contribution is 2.10. The fourth-order valence-corrected chi connectivity index (χ4v) is 1.42. The number of rotatable bonds is 6. The molecule has 1 aromatic rings. The number of nitrogens with two attached hydrogens (primary N) is 1. The Hall–Kier alpha value is -1.20. The van der Waals surface area contributed by atoms with Gasteiger partial charge in [-0.2, -0.15) is 0 Å². The number of nitrogens with zero attached hydrogens (tertiary/aromatic N) is 3. The number of hydrogen-bond donors (Lipinski definition) is 1. The first-order valence-electron chi connectivity index (χ1n) is 5.46. The minimum absolute atomic E-state index is 0.336. The average molecular weight is 224 g/mol. The molecule has 0 bridgehead atoms. The molecule has 0 saturated heterocycles. The van der Waals surface area contributed by atoms with Crippen LogP contribution in [-0.4, -0.2) is 36.3 Å². The van der Waals surface area contributed by atoms with Crippen molar-refractivity contribution >= 4 is 5.95 Å². The van der Waals surface area contributed by atoms with Gasteiger partial charge >= 0.3 is 0 Å². The SMILES string of the molecule is COCCN(c1nccc(CN)n1)C(C)C. The van der Waals surface area contributed by atoms with Gasteiger partial charge in [-0.3, -0.25) is 0 Å². The van der Waals surface area contributed by atoms with Crippen molar-refractivity contribution in [2.24, 2.45) is 5.73 Å². The van der Waals surface area contributed by atoms with Crippen molar-refractivity contribution in [3.63, 3.8) is 0 Å². The molecule has 0 atom stereocenters. The lowest BCUT2D eigenvalue weighted by atomic mass is 10.3. The Bertz CT molecular complexity index is 317. The van der Waals surface area contributed by atoms with Crippen LogP contribution in [0.5, 0.6) is 0 Å². The third-order valence-corrected chi connectivity index (χ3v) is 2.33. The molecule has 0 unspecified atom stereocenters. The van der Waals surface area contributed by atoms with Crippen LogP contribution in [0.25, 0.3) is 0 Å². The number of anilines is 1. The maximum atomic E-state index is 5.56. The van der Waals surface area contributed by atoms with Gasteiger partial charge in [-0.05, 0) is 19.9 Å². The van der Waals surface area contributed by atoms with Crippen molar-refractivity contribution in [2.45, 2.75) is 26.4 Å². The maximum Gasteiger partial charge on any atom is 0.225 e. The summed E-state index contributed by atoms with van der Waals surface area (Å²) in [6.07, 6.45) is 1.74. The van der Waals surface area contributed by atoms with E-state index in [1.807, 2.05) is 6.07 Å². The summed E-state index contributed by atoms with van der Waals surface area (Å²) in [5.41, 5.74) is 6.42. The van der Waals surface area contributed by atoms with Gasteiger partial charge in [0.25, 0.3) is 0 Å². The number of hydrogen-bond acceptors (Lipinski definition) is 5. The van der Waals surface area contributed by atoms with E-state index in [0.29, 0.717) is 19.2 Å². The lowest BCUT2D eigenvalue weighted by Crippen LogP contribution is -2.35. The lowest BCUT2D eigenvalue weighted by molar-refractivity contribution is 0.203. The van der Waals surface area contributed by atoms with E-state index in [-0.39, 0.29) is 0 Å². The van der Waals surface area contributed by atoms with E-state index < -0.39 is 0 Å². The van der Waals surface area contributed by atoms with Crippen molar-refractivity contribution in [1.29, 1.82) is 0 Å². The minimum Gasteiger partial charge on any atom is -0.383 e. The molecule has 0 aliphatic rings. The minimum atomic E-state index is 0.336. The van der Waals surface area contributed by atoms with Gasteiger partial charge in [0, 0.05) is 32.4 Å². The zero-order valence-corrected chi connectivity index (χ0v) is 10.2. The third kappa shape index (κ3) is 3.43. The molecular weight excluding hydrogens is 204 g/mol. The molecule has 16 heavy (non-hydrogen) atoms. The first-order valence-corrected chi connectivity index (χ1v) is 5.46. The van der Waals surface area contributed by atoms with Crippen LogP contribution in [-0.2, 0) is 11.3 Å².